The largest absolute Gasteiger partial charge is 0.324 e. The highest BCUT2D eigenvalue weighted by Gasteiger charge is 2.10. The standard InChI is InChI=1S/C17H16BrClFNOS/c1-10-5-11(2)17(14(19)6-10)21-16(22)9-23-8-12-3-4-13(18)7-15(12)20/h3-7H,8-9H2,1-2H3,(H,21,22). The zero-order chi connectivity index (χ0) is 17.0. The van der Waals surface area contributed by atoms with Crippen LogP contribution in [0.5, 0.6) is 0 Å². The highest BCUT2D eigenvalue weighted by molar-refractivity contribution is 9.10. The molecule has 0 saturated carbocycles. The lowest BCUT2D eigenvalue weighted by Crippen LogP contribution is -2.15. The first-order valence-corrected chi connectivity index (χ1v) is 9.27. The van der Waals surface area contributed by atoms with Crippen molar-refractivity contribution in [3.05, 3.63) is 62.3 Å². The Balaban J connectivity index is 1.91. The van der Waals surface area contributed by atoms with E-state index in [2.05, 4.69) is 21.2 Å². The first-order valence-electron chi connectivity index (χ1n) is 6.95. The van der Waals surface area contributed by atoms with Gasteiger partial charge in [0.2, 0.25) is 5.91 Å². The van der Waals surface area contributed by atoms with Crippen molar-refractivity contribution in [1.82, 2.24) is 0 Å². The molecule has 2 nitrogen and oxygen atoms in total. The molecule has 122 valence electrons. The van der Waals surface area contributed by atoms with E-state index in [4.69, 9.17) is 11.6 Å². The molecule has 0 aliphatic carbocycles. The molecule has 0 atom stereocenters. The summed E-state index contributed by atoms with van der Waals surface area (Å²) in [5, 5.41) is 3.35. The summed E-state index contributed by atoms with van der Waals surface area (Å²) < 4.78 is 14.4. The normalized spacial score (nSPS) is 10.7. The Bertz CT molecular complexity index is 716. The maximum absolute atomic E-state index is 13.7. The number of benzene rings is 2. The van der Waals surface area contributed by atoms with E-state index in [9.17, 15) is 9.18 Å². The van der Waals surface area contributed by atoms with Gasteiger partial charge >= 0.3 is 0 Å². The Hall–Kier alpha value is -1.04. The molecule has 0 aromatic heterocycles. The number of aryl methyl sites for hydroxylation is 2. The molecule has 2 aromatic rings. The molecule has 1 amide bonds. The number of rotatable bonds is 5. The van der Waals surface area contributed by atoms with E-state index in [0.29, 0.717) is 26.5 Å². The Morgan fingerprint density at radius 1 is 1.30 bits per heavy atom. The Morgan fingerprint density at radius 3 is 2.70 bits per heavy atom. The zero-order valence-corrected chi connectivity index (χ0v) is 15.9. The molecule has 0 fully saturated rings. The van der Waals surface area contributed by atoms with Crippen LogP contribution < -0.4 is 5.32 Å². The Morgan fingerprint density at radius 2 is 2.04 bits per heavy atom. The zero-order valence-electron chi connectivity index (χ0n) is 12.8. The summed E-state index contributed by atoms with van der Waals surface area (Å²) in [5.74, 6) is 0.248. The third-order valence-corrected chi connectivity index (χ3v) is 4.97. The third kappa shape index (κ3) is 5.23. The minimum absolute atomic E-state index is 0.152. The maximum atomic E-state index is 13.7. The fraction of sp³-hybridized carbons (Fsp3) is 0.235. The van der Waals surface area contributed by atoms with Gasteiger partial charge in [0.1, 0.15) is 5.82 Å². The predicted octanol–water partition coefficient (Wildman–Crippen LogP) is 5.73. The quantitative estimate of drug-likeness (QED) is 0.674. The van der Waals surface area contributed by atoms with Crippen molar-refractivity contribution in [3.8, 4) is 0 Å². The van der Waals surface area contributed by atoms with Crippen molar-refractivity contribution in [1.29, 1.82) is 0 Å². The molecule has 0 unspecified atom stereocenters. The number of carbonyl (C=O) groups excluding carboxylic acids is 1. The van der Waals surface area contributed by atoms with Crippen LogP contribution in [0.1, 0.15) is 16.7 Å². The topological polar surface area (TPSA) is 29.1 Å². The molecule has 0 saturated heterocycles. The van der Waals surface area contributed by atoms with Crippen molar-refractivity contribution in [2.45, 2.75) is 19.6 Å². The first-order chi connectivity index (χ1) is 10.9. The predicted molar refractivity (Wildman–Crippen MR) is 99.8 cm³/mol. The van der Waals surface area contributed by atoms with Gasteiger partial charge in [-0.05, 0) is 48.7 Å². The molecule has 0 heterocycles. The van der Waals surface area contributed by atoms with Gasteiger partial charge < -0.3 is 5.32 Å². The smallest absolute Gasteiger partial charge is 0.234 e. The molecule has 0 bridgehead atoms. The fourth-order valence-electron chi connectivity index (χ4n) is 2.14. The van der Waals surface area contributed by atoms with Crippen LogP contribution in [0.15, 0.2) is 34.8 Å². The van der Waals surface area contributed by atoms with Gasteiger partial charge in [0.05, 0.1) is 16.5 Å². The fourth-order valence-corrected chi connectivity index (χ4v) is 3.66. The van der Waals surface area contributed by atoms with Crippen LogP contribution in [-0.2, 0) is 10.5 Å². The van der Waals surface area contributed by atoms with Crippen LogP contribution in [-0.4, -0.2) is 11.7 Å². The Kier molecular flexibility index (Phi) is 6.50. The average molecular weight is 417 g/mol. The van der Waals surface area contributed by atoms with Gasteiger partial charge in [0.15, 0.2) is 0 Å². The molecule has 23 heavy (non-hydrogen) atoms. The van der Waals surface area contributed by atoms with Crippen LogP contribution in [0.3, 0.4) is 0 Å². The van der Waals surface area contributed by atoms with Crippen LogP contribution in [0.25, 0.3) is 0 Å². The number of nitrogens with one attached hydrogen (secondary N) is 1. The minimum atomic E-state index is -0.273. The van der Waals surface area contributed by atoms with E-state index in [-0.39, 0.29) is 17.5 Å². The van der Waals surface area contributed by atoms with Crippen LogP contribution in [0.2, 0.25) is 5.02 Å². The first kappa shape index (κ1) is 18.3. The number of amides is 1. The molecule has 0 radical (unpaired) electrons. The van der Waals surface area contributed by atoms with E-state index < -0.39 is 0 Å². The Labute approximate surface area is 152 Å². The molecule has 2 rings (SSSR count). The molecular weight excluding hydrogens is 401 g/mol. The van der Waals surface area contributed by atoms with Crippen molar-refractivity contribution < 1.29 is 9.18 Å². The number of hydrogen-bond donors (Lipinski definition) is 1. The molecule has 1 N–H and O–H groups in total. The molecule has 6 heteroatoms. The lowest BCUT2D eigenvalue weighted by atomic mass is 10.1. The molecule has 2 aromatic carbocycles. The summed E-state index contributed by atoms with van der Waals surface area (Å²) in [6, 6.07) is 8.70. The molecular formula is C17H16BrClFNOS. The van der Waals surface area contributed by atoms with Crippen molar-refractivity contribution in [3.63, 3.8) is 0 Å². The number of thioether (sulfide) groups is 1. The van der Waals surface area contributed by atoms with E-state index >= 15 is 0 Å². The molecule has 0 spiro atoms. The number of hydrogen-bond acceptors (Lipinski definition) is 2. The van der Waals surface area contributed by atoms with Crippen molar-refractivity contribution in [2.24, 2.45) is 0 Å². The van der Waals surface area contributed by atoms with E-state index in [1.807, 2.05) is 26.0 Å². The third-order valence-electron chi connectivity index (χ3n) is 3.20. The summed E-state index contributed by atoms with van der Waals surface area (Å²) in [7, 11) is 0. The molecule has 0 aliphatic heterocycles. The van der Waals surface area contributed by atoms with E-state index in [1.165, 1.54) is 17.8 Å². The summed E-state index contributed by atoms with van der Waals surface area (Å²) >= 11 is 10.7. The van der Waals surface area contributed by atoms with Crippen LogP contribution >= 0.6 is 39.3 Å². The highest BCUT2D eigenvalue weighted by Crippen LogP contribution is 2.27. The number of halogens is 3. The summed E-state index contributed by atoms with van der Waals surface area (Å²) in [6.07, 6.45) is 0. The lowest BCUT2D eigenvalue weighted by Gasteiger charge is -2.11. The van der Waals surface area contributed by atoms with Crippen molar-refractivity contribution in [2.75, 3.05) is 11.1 Å². The van der Waals surface area contributed by atoms with Gasteiger partial charge in [-0.3, -0.25) is 4.79 Å². The van der Waals surface area contributed by atoms with E-state index in [1.54, 1.807) is 12.1 Å². The highest BCUT2D eigenvalue weighted by atomic mass is 79.9. The second-order valence-corrected chi connectivity index (χ2v) is 7.52. The lowest BCUT2D eigenvalue weighted by molar-refractivity contribution is -0.113. The van der Waals surface area contributed by atoms with Gasteiger partial charge in [-0.15, -0.1) is 11.8 Å². The van der Waals surface area contributed by atoms with Gasteiger partial charge in [-0.1, -0.05) is 39.7 Å². The monoisotopic (exact) mass is 415 g/mol. The molecule has 0 aliphatic rings. The van der Waals surface area contributed by atoms with Crippen LogP contribution in [0.4, 0.5) is 10.1 Å². The second-order valence-electron chi connectivity index (χ2n) is 5.22. The SMILES string of the molecule is Cc1cc(C)c(NC(=O)CSCc2ccc(Br)cc2F)c(Cl)c1. The average Bonchev–Trinajstić information content (AvgIpc) is 2.45. The van der Waals surface area contributed by atoms with E-state index in [0.717, 1.165) is 11.1 Å². The minimum Gasteiger partial charge on any atom is -0.324 e. The van der Waals surface area contributed by atoms with Gasteiger partial charge in [-0.25, -0.2) is 4.39 Å². The summed E-state index contributed by atoms with van der Waals surface area (Å²) in [6.45, 7) is 3.85. The second kappa shape index (κ2) is 8.18. The number of anilines is 1. The van der Waals surface area contributed by atoms with Gasteiger partial charge in [0.25, 0.3) is 0 Å². The van der Waals surface area contributed by atoms with Crippen molar-refractivity contribution >= 4 is 50.9 Å². The van der Waals surface area contributed by atoms with Gasteiger partial charge in [0, 0.05) is 10.2 Å². The number of carbonyl (C=O) groups is 1. The summed E-state index contributed by atoms with van der Waals surface area (Å²) in [4.78, 5) is 12.0. The van der Waals surface area contributed by atoms with Gasteiger partial charge in [-0.2, -0.15) is 0 Å². The van der Waals surface area contributed by atoms with Crippen LogP contribution in [0, 0.1) is 19.7 Å². The maximum Gasteiger partial charge on any atom is 0.234 e. The summed E-state index contributed by atoms with van der Waals surface area (Å²) in [5.41, 5.74) is 3.19.